The van der Waals surface area contributed by atoms with Gasteiger partial charge in [-0.1, -0.05) is 0 Å². The third-order valence-electron chi connectivity index (χ3n) is 3.27. The Morgan fingerprint density at radius 2 is 1.42 bits per heavy atom. The van der Waals surface area contributed by atoms with E-state index < -0.39 is 22.0 Å². The fraction of sp³-hybridized carbons (Fsp3) is 0.833. The summed E-state index contributed by atoms with van der Waals surface area (Å²) in [7, 11) is 0. The van der Waals surface area contributed by atoms with Gasteiger partial charge in [-0.3, -0.25) is 0 Å². The van der Waals surface area contributed by atoms with Crippen molar-refractivity contribution in [2.45, 2.75) is 49.0 Å². The summed E-state index contributed by atoms with van der Waals surface area (Å²) in [6.07, 6.45) is 7.05. The second-order valence-electron chi connectivity index (χ2n) is 4.70. The SMILES string of the molecule is O=C1CCSC2(CCCCC2)SCCC(=O)[O][Sn][O]1. The molecule has 0 aromatic heterocycles. The second-order valence-corrected chi connectivity index (χ2v) is 9.56. The van der Waals surface area contributed by atoms with Gasteiger partial charge >= 0.3 is 134 Å². The van der Waals surface area contributed by atoms with Gasteiger partial charge in [0.2, 0.25) is 0 Å². The van der Waals surface area contributed by atoms with Crippen molar-refractivity contribution in [3.8, 4) is 0 Å². The minimum atomic E-state index is -1.73. The average Bonchev–Trinajstić information content (AvgIpc) is 2.38. The van der Waals surface area contributed by atoms with E-state index >= 15 is 0 Å². The number of carbonyl (C=O) groups is 2. The van der Waals surface area contributed by atoms with Crippen molar-refractivity contribution in [1.82, 2.24) is 0 Å². The molecule has 0 amide bonds. The van der Waals surface area contributed by atoms with Crippen LogP contribution in [0, 0.1) is 0 Å². The fourth-order valence-electron chi connectivity index (χ4n) is 2.28. The number of carbonyl (C=O) groups excluding carboxylic acids is 2. The zero-order valence-corrected chi connectivity index (χ0v) is 15.3. The molecule has 0 atom stereocenters. The van der Waals surface area contributed by atoms with Gasteiger partial charge in [-0.2, -0.15) is 0 Å². The molecule has 0 aromatic rings. The third-order valence-corrected chi connectivity index (χ3v) is 8.44. The van der Waals surface area contributed by atoms with Crippen LogP contribution in [0.3, 0.4) is 0 Å². The molecule has 2 fully saturated rings. The van der Waals surface area contributed by atoms with Crippen LogP contribution in [0.25, 0.3) is 0 Å². The molecule has 2 radical (unpaired) electrons. The molecule has 0 aromatic carbocycles. The van der Waals surface area contributed by atoms with Gasteiger partial charge in [-0.15, -0.1) is 0 Å². The third kappa shape index (κ3) is 5.38. The second kappa shape index (κ2) is 8.02. The Bertz CT molecular complexity index is 308. The molecule has 1 spiro atoms. The first-order chi connectivity index (χ1) is 9.20. The van der Waals surface area contributed by atoms with Crippen LogP contribution in [0.5, 0.6) is 0 Å². The van der Waals surface area contributed by atoms with E-state index in [1.54, 1.807) is 0 Å². The molecule has 0 unspecified atom stereocenters. The molecule has 7 heteroatoms. The van der Waals surface area contributed by atoms with Gasteiger partial charge in [0.15, 0.2) is 0 Å². The molecule has 1 heterocycles. The molecule has 1 saturated carbocycles. The van der Waals surface area contributed by atoms with Crippen molar-refractivity contribution < 1.29 is 15.7 Å². The van der Waals surface area contributed by atoms with Crippen LogP contribution in [-0.4, -0.2) is 49.5 Å². The van der Waals surface area contributed by atoms with Crippen molar-refractivity contribution in [2.75, 3.05) is 11.5 Å². The molecule has 19 heavy (non-hydrogen) atoms. The summed E-state index contributed by atoms with van der Waals surface area (Å²) in [5.74, 6) is 1.23. The van der Waals surface area contributed by atoms with Crippen LogP contribution in [-0.2, 0) is 15.7 Å². The van der Waals surface area contributed by atoms with Gasteiger partial charge in [-0.25, -0.2) is 0 Å². The molecule has 0 N–H and O–H groups in total. The molecule has 0 bridgehead atoms. The monoisotopic (exact) mass is 410 g/mol. The Morgan fingerprint density at radius 1 is 0.895 bits per heavy atom. The zero-order chi connectivity index (χ0) is 13.6. The molecular formula is C12H18O4S2Sn. The first kappa shape index (κ1) is 15.8. The van der Waals surface area contributed by atoms with E-state index in [0.29, 0.717) is 12.8 Å². The molecule has 1 aliphatic heterocycles. The van der Waals surface area contributed by atoms with Crippen LogP contribution < -0.4 is 0 Å². The molecular weight excluding hydrogens is 391 g/mol. The number of thioether (sulfide) groups is 2. The summed E-state index contributed by atoms with van der Waals surface area (Å²) < 4.78 is 10.3. The molecule has 2 rings (SSSR count). The van der Waals surface area contributed by atoms with Gasteiger partial charge in [-0.05, 0) is 0 Å². The summed E-state index contributed by atoms with van der Waals surface area (Å²) in [6, 6.07) is 0. The van der Waals surface area contributed by atoms with Gasteiger partial charge in [0.25, 0.3) is 0 Å². The summed E-state index contributed by atoms with van der Waals surface area (Å²) in [4.78, 5) is 23.0. The summed E-state index contributed by atoms with van der Waals surface area (Å²) in [5, 5.41) is 0. The predicted molar refractivity (Wildman–Crippen MR) is 77.9 cm³/mol. The summed E-state index contributed by atoms with van der Waals surface area (Å²) in [6.45, 7) is 0. The van der Waals surface area contributed by atoms with Crippen LogP contribution in [0.4, 0.5) is 0 Å². The van der Waals surface area contributed by atoms with E-state index in [9.17, 15) is 9.59 Å². The molecule has 1 aliphatic carbocycles. The van der Waals surface area contributed by atoms with Crippen LogP contribution >= 0.6 is 23.5 Å². The molecule has 4 nitrogen and oxygen atoms in total. The van der Waals surface area contributed by atoms with Gasteiger partial charge < -0.3 is 0 Å². The van der Waals surface area contributed by atoms with Gasteiger partial charge in [0.1, 0.15) is 0 Å². The van der Waals surface area contributed by atoms with Crippen molar-refractivity contribution in [3.05, 3.63) is 0 Å². The van der Waals surface area contributed by atoms with E-state index in [-0.39, 0.29) is 16.0 Å². The first-order valence-corrected chi connectivity index (χ1v) is 10.9. The van der Waals surface area contributed by atoms with E-state index in [4.69, 9.17) is 6.15 Å². The van der Waals surface area contributed by atoms with Gasteiger partial charge in [0.05, 0.1) is 0 Å². The maximum atomic E-state index is 11.5. The van der Waals surface area contributed by atoms with E-state index in [1.165, 1.54) is 32.1 Å². The zero-order valence-electron chi connectivity index (χ0n) is 10.8. The average molecular weight is 409 g/mol. The number of hydrogen-bond donors (Lipinski definition) is 0. The molecule has 1 saturated heterocycles. The summed E-state index contributed by atoms with van der Waals surface area (Å²) in [5.41, 5.74) is 0. The fourth-order valence-corrected chi connectivity index (χ4v) is 6.78. The Balaban J connectivity index is 1.95. The normalized spacial score (nSPS) is 25.9. The Morgan fingerprint density at radius 3 is 1.95 bits per heavy atom. The topological polar surface area (TPSA) is 52.6 Å². The minimum absolute atomic E-state index is 0.205. The Labute approximate surface area is 133 Å². The molecule has 2 aliphatic rings. The number of rotatable bonds is 0. The number of hydrogen-bond acceptors (Lipinski definition) is 6. The quantitative estimate of drug-likeness (QED) is 0.574. The summed E-state index contributed by atoms with van der Waals surface area (Å²) >= 11 is 2.06. The Hall–Kier alpha value is 0.439. The van der Waals surface area contributed by atoms with E-state index in [0.717, 1.165) is 11.5 Å². The van der Waals surface area contributed by atoms with Crippen LogP contribution in [0.1, 0.15) is 44.9 Å². The Kier molecular flexibility index (Phi) is 6.68. The van der Waals surface area contributed by atoms with Crippen molar-refractivity contribution in [1.29, 1.82) is 0 Å². The standard InChI is InChI=1S/C12H20O4S2.Sn/c13-10(14)4-8-17-12(6-2-1-3-7-12)18-9-5-11(15)16;/h1-9H2,(H,13,14)(H,15,16);/q;+2/p-2. The predicted octanol–water partition coefficient (Wildman–Crippen LogP) is 2.53. The van der Waals surface area contributed by atoms with Crippen molar-refractivity contribution in [3.63, 3.8) is 0 Å². The first-order valence-electron chi connectivity index (χ1n) is 6.62. The maximum absolute atomic E-state index is 11.5. The van der Waals surface area contributed by atoms with Gasteiger partial charge in [0, 0.05) is 0 Å². The van der Waals surface area contributed by atoms with Crippen LogP contribution in [0.15, 0.2) is 0 Å². The van der Waals surface area contributed by atoms with E-state index in [1.807, 2.05) is 23.5 Å². The molecule has 106 valence electrons. The van der Waals surface area contributed by atoms with E-state index in [2.05, 4.69) is 0 Å². The van der Waals surface area contributed by atoms with Crippen molar-refractivity contribution in [2.24, 2.45) is 0 Å². The van der Waals surface area contributed by atoms with Crippen molar-refractivity contribution >= 4 is 57.4 Å². The van der Waals surface area contributed by atoms with Crippen LogP contribution in [0.2, 0.25) is 0 Å².